The van der Waals surface area contributed by atoms with Crippen LogP contribution in [0.15, 0.2) is 42.5 Å². The van der Waals surface area contributed by atoms with Crippen molar-refractivity contribution < 1.29 is 14.0 Å². The van der Waals surface area contributed by atoms with Crippen molar-refractivity contribution in [3.63, 3.8) is 0 Å². The van der Waals surface area contributed by atoms with Crippen molar-refractivity contribution in [1.82, 2.24) is 10.2 Å². The lowest BCUT2D eigenvalue weighted by molar-refractivity contribution is -0.140. The van der Waals surface area contributed by atoms with Crippen LogP contribution in [0.2, 0.25) is 0 Å². The molecule has 29 heavy (non-hydrogen) atoms. The Hall–Kier alpha value is -2.69. The van der Waals surface area contributed by atoms with Crippen LogP contribution in [0.5, 0.6) is 0 Å². The van der Waals surface area contributed by atoms with Gasteiger partial charge in [0.1, 0.15) is 11.9 Å². The fraction of sp³-hybridized carbons (Fsp3) is 0.417. The molecule has 0 saturated heterocycles. The first kappa shape index (κ1) is 22.6. The molecule has 156 valence electrons. The Labute approximate surface area is 173 Å². The molecule has 2 rings (SSSR count). The number of halogens is 1. The molecule has 2 aromatic rings. The van der Waals surface area contributed by atoms with Gasteiger partial charge in [0, 0.05) is 13.1 Å². The number of hydrogen-bond acceptors (Lipinski definition) is 2. The Morgan fingerprint density at radius 3 is 2.10 bits per heavy atom. The predicted molar refractivity (Wildman–Crippen MR) is 114 cm³/mol. The van der Waals surface area contributed by atoms with Gasteiger partial charge < -0.3 is 10.2 Å². The minimum absolute atomic E-state index is 0.133. The number of aryl methyl sites for hydroxylation is 2. The number of carbonyl (C=O) groups excluding carboxylic acids is 2. The smallest absolute Gasteiger partial charge is 0.242 e. The minimum Gasteiger partial charge on any atom is -0.354 e. The molecule has 1 atom stereocenters. The molecule has 0 radical (unpaired) electrons. The second-order valence-corrected chi connectivity index (χ2v) is 8.14. The van der Waals surface area contributed by atoms with Crippen LogP contribution in [-0.2, 0) is 22.6 Å². The maximum atomic E-state index is 13.3. The highest BCUT2D eigenvalue weighted by molar-refractivity contribution is 5.88. The monoisotopic (exact) mass is 398 g/mol. The van der Waals surface area contributed by atoms with Crippen molar-refractivity contribution in [1.29, 1.82) is 0 Å². The van der Waals surface area contributed by atoms with Crippen molar-refractivity contribution in [3.8, 4) is 0 Å². The topological polar surface area (TPSA) is 49.4 Å². The Bertz CT molecular complexity index is 826. The Morgan fingerprint density at radius 1 is 0.966 bits per heavy atom. The van der Waals surface area contributed by atoms with Gasteiger partial charge in [-0.25, -0.2) is 4.39 Å². The summed E-state index contributed by atoms with van der Waals surface area (Å²) in [5.41, 5.74) is 3.90. The van der Waals surface area contributed by atoms with E-state index in [1.165, 1.54) is 12.1 Å². The highest BCUT2D eigenvalue weighted by Gasteiger charge is 2.26. The zero-order chi connectivity index (χ0) is 21.6. The van der Waals surface area contributed by atoms with Crippen LogP contribution in [0.25, 0.3) is 0 Å². The second-order valence-electron chi connectivity index (χ2n) is 8.14. The quantitative estimate of drug-likeness (QED) is 0.725. The number of nitrogens with zero attached hydrogens (tertiary/aromatic N) is 1. The zero-order valence-electron chi connectivity index (χ0n) is 18.0. The lowest BCUT2D eigenvalue weighted by atomic mass is 10.0. The second kappa shape index (κ2) is 10.2. The summed E-state index contributed by atoms with van der Waals surface area (Å²) in [5.74, 6) is -0.326. The van der Waals surface area contributed by atoms with E-state index in [9.17, 15) is 14.0 Å². The third kappa shape index (κ3) is 7.00. The molecule has 0 fully saturated rings. The molecule has 0 unspecified atom stereocenters. The van der Waals surface area contributed by atoms with Gasteiger partial charge in [0.05, 0.1) is 6.42 Å². The number of benzene rings is 2. The van der Waals surface area contributed by atoms with Gasteiger partial charge in [0.15, 0.2) is 0 Å². The molecular formula is C24H31FN2O2. The van der Waals surface area contributed by atoms with Gasteiger partial charge in [0.25, 0.3) is 0 Å². The highest BCUT2D eigenvalue weighted by Crippen LogP contribution is 2.15. The maximum absolute atomic E-state index is 13.3. The summed E-state index contributed by atoms with van der Waals surface area (Å²) in [7, 11) is 0. The van der Waals surface area contributed by atoms with Crippen LogP contribution in [0.4, 0.5) is 4.39 Å². The Balaban J connectivity index is 2.23. The SMILES string of the molecule is Cc1cc(C)cc(CC(=O)N(Cc2ccc(F)cc2)[C@@H](C)C(=O)NCC(C)C)c1. The molecule has 0 aliphatic heterocycles. The van der Waals surface area contributed by atoms with Crippen molar-refractivity contribution in [2.45, 2.75) is 53.6 Å². The first-order chi connectivity index (χ1) is 13.7. The van der Waals surface area contributed by atoms with Crippen LogP contribution < -0.4 is 5.32 Å². The first-order valence-corrected chi connectivity index (χ1v) is 10.0. The molecule has 0 bridgehead atoms. The minimum atomic E-state index is -0.628. The van der Waals surface area contributed by atoms with E-state index in [4.69, 9.17) is 0 Å². The first-order valence-electron chi connectivity index (χ1n) is 10.0. The van der Waals surface area contributed by atoms with Gasteiger partial charge in [-0.1, -0.05) is 55.3 Å². The van der Waals surface area contributed by atoms with Crippen LogP contribution >= 0.6 is 0 Å². The Kier molecular flexibility index (Phi) is 7.94. The van der Waals surface area contributed by atoms with E-state index >= 15 is 0 Å². The number of hydrogen-bond donors (Lipinski definition) is 1. The average molecular weight is 399 g/mol. The molecule has 0 saturated carbocycles. The molecule has 4 nitrogen and oxygen atoms in total. The van der Waals surface area contributed by atoms with Crippen LogP contribution in [-0.4, -0.2) is 29.3 Å². The van der Waals surface area contributed by atoms with Gasteiger partial charge in [-0.2, -0.15) is 0 Å². The van der Waals surface area contributed by atoms with Gasteiger partial charge in [0.2, 0.25) is 11.8 Å². The van der Waals surface area contributed by atoms with Gasteiger partial charge in [-0.15, -0.1) is 0 Å². The van der Waals surface area contributed by atoms with E-state index in [1.807, 2.05) is 39.8 Å². The molecule has 2 aromatic carbocycles. The summed E-state index contributed by atoms with van der Waals surface area (Å²) in [6.07, 6.45) is 0.214. The Morgan fingerprint density at radius 2 is 1.55 bits per heavy atom. The molecule has 0 aromatic heterocycles. The third-order valence-corrected chi connectivity index (χ3v) is 4.75. The molecule has 2 amide bonds. The van der Waals surface area contributed by atoms with Crippen LogP contribution in [0.1, 0.15) is 43.0 Å². The van der Waals surface area contributed by atoms with E-state index < -0.39 is 6.04 Å². The van der Waals surface area contributed by atoms with Crippen LogP contribution in [0.3, 0.4) is 0 Å². The largest absolute Gasteiger partial charge is 0.354 e. The summed E-state index contributed by atoms with van der Waals surface area (Å²) in [4.78, 5) is 27.4. The summed E-state index contributed by atoms with van der Waals surface area (Å²) < 4.78 is 13.3. The maximum Gasteiger partial charge on any atom is 0.242 e. The van der Waals surface area contributed by atoms with Gasteiger partial charge in [-0.3, -0.25) is 9.59 Å². The van der Waals surface area contributed by atoms with Crippen molar-refractivity contribution in [2.75, 3.05) is 6.54 Å². The number of carbonyl (C=O) groups is 2. The molecule has 1 N–H and O–H groups in total. The van der Waals surface area contributed by atoms with Crippen molar-refractivity contribution >= 4 is 11.8 Å². The molecule has 0 aliphatic carbocycles. The van der Waals surface area contributed by atoms with E-state index in [-0.39, 0.29) is 30.6 Å². The number of rotatable bonds is 8. The third-order valence-electron chi connectivity index (χ3n) is 4.75. The van der Waals surface area contributed by atoms with E-state index in [0.717, 1.165) is 22.3 Å². The van der Waals surface area contributed by atoms with E-state index in [2.05, 4.69) is 11.4 Å². The highest BCUT2D eigenvalue weighted by atomic mass is 19.1. The fourth-order valence-corrected chi connectivity index (χ4v) is 3.27. The van der Waals surface area contributed by atoms with Gasteiger partial charge >= 0.3 is 0 Å². The summed E-state index contributed by atoms with van der Waals surface area (Å²) in [6.45, 7) is 10.6. The average Bonchev–Trinajstić information content (AvgIpc) is 2.64. The summed E-state index contributed by atoms with van der Waals surface area (Å²) in [6, 6.07) is 11.4. The standard InChI is InChI=1S/C24H31FN2O2/c1-16(2)14-26-24(29)19(5)27(15-20-6-8-22(25)9-7-20)23(28)13-21-11-17(3)10-18(4)12-21/h6-12,16,19H,13-15H2,1-5H3,(H,26,29)/t19-/m0/s1. The molecule has 0 heterocycles. The fourth-order valence-electron chi connectivity index (χ4n) is 3.27. The van der Waals surface area contributed by atoms with Crippen LogP contribution in [0, 0.1) is 25.6 Å². The molecule has 5 heteroatoms. The van der Waals surface area contributed by atoms with E-state index in [0.29, 0.717) is 12.5 Å². The zero-order valence-corrected chi connectivity index (χ0v) is 18.0. The lowest BCUT2D eigenvalue weighted by Gasteiger charge is -2.29. The summed E-state index contributed by atoms with van der Waals surface area (Å²) in [5, 5.41) is 2.90. The molecular weight excluding hydrogens is 367 g/mol. The normalized spacial score (nSPS) is 12.0. The van der Waals surface area contributed by atoms with E-state index in [1.54, 1.807) is 24.0 Å². The lowest BCUT2D eigenvalue weighted by Crippen LogP contribution is -2.48. The van der Waals surface area contributed by atoms with Crippen molar-refractivity contribution in [3.05, 3.63) is 70.5 Å². The molecule has 0 spiro atoms. The number of amides is 2. The molecule has 0 aliphatic rings. The predicted octanol–water partition coefficient (Wildman–Crippen LogP) is 4.17. The number of nitrogens with one attached hydrogen (secondary N) is 1. The van der Waals surface area contributed by atoms with Gasteiger partial charge in [-0.05, 0) is 49.9 Å². The summed E-state index contributed by atoms with van der Waals surface area (Å²) >= 11 is 0. The van der Waals surface area contributed by atoms with Crippen molar-refractivity contribution in [2.24, 2.45) is 5.92 Å².